The smallest absolute Gasteiger partial charge is 0.274 e. The van der Waals surface area contributed by atoms with E-state index in [1.807, 2.05) is 19.1 Å². The molecule has 2 aromatic rings. The lowest BCUT2D eigenvalue weighted by atomic mass is 9.95. The maximum atomic E-state index is 13.1. The van der Waals surface area contributed by atoms with Crippen LogP contribution in [0.5, 0.6) is 0 Å². The van der Waals surface area contributed by atoms with Crippen molar-refractivity contribution < 1.29 is 14.0 Å². The minimum absolute atomic E-state index is 0.0497. The summed E-state index contributed by atoms with van der Waals surface area (Å²) in [6.07, 6.45) is 4.09. The highest BCUT2D eigenvalue weighted by Gasteiger charge is 2.40. The van der Waals surface area contributed by atoms with Gasteiger partial charge in [-0.1, -0.05) is 0 Å². The zero-order valence-electron chi connectivity index (χ0n) is 15.2. The molecule has 0 radical (unpaired) electrons. The second kappa shape index (κ2) is 6.63. The lowest BCUT2D eigenvalue weighted by molar-refractivity contribution is -0.119. The number of likely N-dealkylation sites (tertiary alicyclic amines) is 1. The van der Waals surface area contributed by atoms with Crippen molar-refractivity contribution in [2.75, 3.05) is 13.1 Å². The summed E-state index contributed by atoms with van der Waals surface area (Å²) >= 11 is 0. The predicted molar refractivity (Wildman–Crippen MR) is 94.9 cm³/mol. The number of aryl methyl sites for hydroxylation is 2. The molecule has 4 rings (SSSR count). The van der Waals surface area contributed by atoms with Gasteiger partial charge in [0, 0.05) is 31.3 Å². The van der Waals surface area contributed by atoms with Crippen LogP contribution in [-0.2, 0) is 17.6 Å². The van der Waals surface area contributed by atoms with Crippen LogP contribution in [-0.4, -0.2) is 46.0 Å². The molecular weight excluding hydrogens is 332 g/mol. The summed E-state index contributed by atoms with van der Waals surface area (Å²) in [7, 11) is 0. The first kappa shape index (κ1) is 16.9. The van der Waals surface area contributed by atoms with E-state index in [-0.39, 0.29) is 23.8 Å². The van der Waals surface area contributed by atoms with E-state index in [2.05, 4.69) is 15.5 Å². The summed E-state index contributed by atoms with van der Waals surface area (Å²) in [6, 6.07) is 3.69. The number of H-pyrrole nitrogens is 1. The third-order valence-corrected chi connectivity index (χ3v) is 5.38. The van der Waals surface area contributed by atoms with Gasteiger partial charge in [-0.3, -0.25) is 14.7 Å². The van der Waals surface area contributed by atoms with Gasteiger partial charge < -0.3 is 14.6 Å². The third kappa shape index (κ3) is 3.02. The van der Waals surface area contributed by atoms with Gasteiger partial charge in [0.15, 0.2) is 5.69 Å². The van der Waals surface area contributed by atoms with Crippen LogP contribution in [0.3, 0.4) is 0 Å². The number of carbonyl (C=O) groups excluding carboxylic acids is 2. The number of nitrogens with zero attached hydrogens (tertiary/aromatic N) is 2. The molecule has 7 nitrogen and oxygen atoms in total. The number of hydrogen-bond acceptors (Lipinski definition) is 4. The molecule has 2 aromatic heterocycles. The second-order valence-corrected chi connectivity index (χ2v) is 7.31. The summed E-state index contributed by atoms with van der Waals surface area (Å²) in [6.45, 7) is 4.37. The Labute approximate surface area is 152 Å². The minimum atomic E-state index is -0.156. The number of aromatic nitrogens is 2. The maximum absolute atomic E-state index is 13.1. The molecule has 2 N–H and O–H groups in total. The first-order valence-corrected chi connectivity index (χ1v) is 9.21. The molecular formula is C19H24N4O3. The summed E-state index contributed by atoms with van der Waals surface area (Å²) in [4.78, 5) is 26.5. The van der Waals surface area contributed by atoms with Gasteiger partial charge in [0.25, 0.3) is 5.91 Å². The summed E-state index contributed by atoms with van der Waals surface area (Å²) in [5, 5.41) is 10.3. The van der Waals surface area contributed by atoms with Gasteiger partial charge in [-0.05, 0) is 44.7 Å². The third-order valence-electron chi connectivity index (χ3n) is 5.38. The van der Waals surface area contributed by atoms with Crippen LogP contribution in [0.4, 0.5) is 0 Å². The molecule has 1 fully saturated rings. The van der Waals surface area contributed by atoms with Gasteiger partial charge >= 0.3 is 0 Å². The van der Waals surface area contributed by atoms with Crippen LogP contribution in [0.1, 0.15) is 58.9 Å². The van der Waals surface area contributed by atoms with Crippen LogP contribution in [0.2, 0.25) is 0 Å². The van der Waals surface area contributed by atoms with Gasteiger partial charge in [-0.25, -0.2) is 0 Å². The van der Waals surface area contributed by atoms with Gasteiger partial charge in [0.1, 0.15) is 11.5 Å². The molecule has 2 atom stereocenters. The Balaban J connectivity index is 1.58. The van der Waals surface area contributed by atoms with E-state index >= 15 is 0 Å². The molecule has 2 aliphatic rings. The lowest BCUT2D eigenvalue weighted by Crippen LogP contribution is -2.39. The van der Waals surface area contributed by atoms with Crippen LogP contribution in [0.25, 0.3) is 0 Å². The fourth-order valence-corrected chi connectivity index (χ4v) is 4.13. The number of furan rings is 1. The predicted octanol–water partition coefficient (Wildman–Crippen LogP) is 1.93. The van der Waals surface area contributed by atoms with Gasteiger partial charge in [-0.15, -0.1) is 0 Å². The largest absolute Gasteiger partial charge is 0.466 e. The quantitative estimate of drug-likeness (QED) is 0.879. The van der Waals surface area contributed by atoms with Crippen molar-refractivity contribution in [1.82, 2.24) is 20.4 Å². The van der Waals surface area contributed by atoms with Crippen LogP contribution < -0.4 is 5.32 Å². The zero-order chi connectivity index (χ0) is 18.3. The zero-order valence-corrected chi connectivity index (χ0v) is 15.2. The van der Waals surface area contributed by atoms with Crippen molar-refractivity contribution in [1.29, 1.82) is 0 Å². The van der Waals surface area contributed by atoms with E-state index in [1.165, 1.54) is 6.92 Å². The van der Waals surface area contributed by atoms with E-state index in [0.29, 0.717) is 18.8 Å². The Morgan fingerprint density at radius 1 is 1.27 bits per heavy atom. The molecule has 138 valence electrons. The Morgan fingerprint density at radius 2 is 2.08 bits per heavy atom. The highest BCUT2D eigenvalue weighted by molar-refractivity contribution is 5.94. The normalized spacial score (nSPS) is 22.3. The summed E-state index contributed by atoms with van der Waals surface area (Å²) in [5.74, 6) is 1.42. The van der Waals surface area contributed by atoms with Gasteiger partial charge in [0.05, 0.1) is 12.0 Å². The number of amides is 2. The average Bonchev–Trinajstić information content (AvgIpc) is 3.31. The molecule has 2 amide bonds. The molecule has 1 aliphatic carbocycles. The van der Waals surface area contributed by atoms with E-state index in [4.69, 9.17) is 4.42 Å². The molecule has 0 bridgehead atoms. The monoisotopic (exact) mass is 356 g/mol. The highest BCUT2D eigenvalue weighted by atomic mass is 16.3. The molecule has 1 aliphatic heterocycles. The van der Waals surface area contributed by atoms with E-state index in [0.717, 1.165) is 48.5 Å². The Kier molecular flexibility index (Phi) is 4.30. The van der Waals surface area contributed by atoms with Crippen LogP contribution in [0.15, 0.2) is 16.5 Å². The second-order valence-electron chi connectivity index (χ2n) is 7.31. The van der Waals surface area contributed by atoms with Crippen LogP contribution in [0, 0.1) is 6.92 Å². The molecule has 26 heavy (non-hydrogen) atoms. The average molecular weight is 356 g/mol. The molecule has 0 unspecified atom stereocenters. The molecule has 3 heterocycles. The number of carbonyl (C=O) groups is 2. The number of aromatic amines is 1. The van der Waals surface area contributed by atoms with Crippen LogP contribution >= 0.6 is 0 Å². The van der Waals surface area contributed by atoms with Crippen molar-refractivity contribution in [2.24, 2.45) is 0 Å². The molecule has 7 heteroatoms. The van der Waals surface area contributed by atoms with Crippen molar-refractivity contribution in [3.8, 4) is 0 Å². The van der Waals surface area contributed by atoms with E-state index < -0.39 is 0 Å². The number of rotatable bonds is 3. The first-order valence-electron chi connectivity index (χ1n) is 9.21. The van der Waals surface area contributed by atoms with E-state index in [9.17, 15) is 9.59 Å². The van der Waals surface area contributed by atoms with Crippen molar-refractivity contribution in [3.63, 3.8) is 0 Å². The Morgan fingerprint density at radius 3 is 2.81 bits per heavy atom. The molecule has 0 spiro atoms. The first-order chi connectivity index (χ1) is 12.5. The fourth-order valence-electron chi connectivity index (χ4n) is 4.13. The molecule has 1 saturated heterocycles. The summed E-state index contributed by atoms with van der Waals surface area (Å²) in [5.41, 5.74) is 2.70. The van der Waals surface area contributed by atoms with Crippen molar-refractivity contribution >= 4 is 11.8 Å². The van der Waals surface area contributed by atoms with Gasteiger partial charge in [-0.2, -0.15) is 5.10 Å². The Hall–Kier alpha value is -2.57. The standard InChI is InChI=1S/C19H24N4O3/c1-11-7-8-17(26-11)14-9-23(10-16(14)20-12(2)24)19(25)18-13-5-3-4-6-15(13)21-22-18/h7-8,14,16H,3-6,9-10H2,1-2H3,(H,20,24)(H,21,22)/t14-,16-/m1/s1. The topological polar surface area (TPSA) is 91.2 Å². The van der Waals surface area contributed by atoms with Crippen molar-refractivity contribution in [3.05, 3.63) is 40.6 Å². The molecule has 0 aromatic carbocycles. The highest BCUT2D eigenvalue weighted by Crippen LogP contribution is 2.31. The van der Waals surface area contributed by atoms with Gasteiger partial charge in [0.2, 0.25) is 5.91 Å². The Bertz CT molecular complexity index is 838. The SMILES string of the molecule is CC(=O)N[C@@H]1CN(C(=O)c2n[nH]c3c2CCCC3)C[C@H]1c1ccc(C)o1. The number of fused-ring (bicyclic) bond motifs is 1. The van der Waals surface area contributed by atoms with E-state index in [1.54, 1.807) is 4.90 Å². The fraction of sp³-hybridized carbons (Fsp3) is 0.526. The van der Waals surface area contributed by atoms with Crippen molar-refractivity contribution in [2.45, 2.75) is 51.5 Å². The molecule has 0 saturated carbocycles. The number of nitrogens with one attached hydrogen (secondary N) is 2. The minimum Gasteiger partial charge on any atom is -0.466 e. The lowest BCUT2D eigenvalue weighted by Gasteiger charge is -2.17. The summed E-state index contributed by atoms with van der Waals surface area (Å²) < 4.78 is 5.78. The maximum Gasteiger partial charge on any atom is 0.274 e. The number of hydrogen-bond donors (Lipinski definition) is 2.